The summed E-state index contributed by atoms with van der Waals surface area (Å²) in [5, 5.41) is 9.25. The number of hydrogen-bond acceptors (Lipinski definition) is 2. The van der Waals surface area contributed by atoms with Crippen LogP contribution in [0.25, 0.3) is 0 Å². The third-order valence-corrected chi connectivity index (χ3v) is 5.03. The number of carboxylic acids is 1. The summed E-state index contributed by atoms with van der Waals surface area (Å²) in [6.07, 6.45) is 1.24. The Labute approximate surface area is 132 Å². The highest BCUT2D eigenvalue weighted by Gasteiger charge is 2.51. The number of rotatable bonds is 5. The van der Waals surface area contributed by atoms with Crippen LogP contribution in [0.15, 0.2) is 18.2 Å². The number of nitrogens with zero attached hydrogens (tertiary/aromatic N) is 1. The van der Waals surface area contributed by atoms with Crippen molar-refractivity contribution in [1.82, 2.24) is 4.90 Å². The van der Waals surface area contributed by atoms with E-state index in [1.807, 2.05) is 0 Å². The zero-order valence-corrected chi connectivity index (χ0v) is 12.7. The van der Waals surface area contributed by atoms with Crippen molar-refractivity contribution < 1.29 is 19.1 Å². The van der Waals surface area contributed by atoms with Gasteiger partial charge in [0.2, 0.25) is 5.91 Å². The van der Waals surface area contributed by atoms with Crippen molar-refractivity contribution >= 4 is 23.5 Å². The Morgan fingerprint density at radius 2 is 2.09 bits per heavy atom. The van der Waals surface area contributed by atoms with Crippen LogP contribution in [0.1, 0.15) is 18.4 Å². The molecule has 0 bridgehead atoms. The van der Waals surface area contributed by atoms with E-state index in [0.717, 1.165) is 6.42 Å². The van der Waals surface area contributed by atoms with E-state index in [1.54, 1.807) is 11.0 Å². The summed E-state index contributed by atoms with van der Waals surface area (Å²) >= 11 is 5.94. The first-order chi connectivity index (χ1) is 10.5. The molecule has 6 heteroatoms. The summed E-state index contributed by atoms with van der Waals surface area (Å²) in [6.45, 7) is 1.25. The average molecular weight is 326 g/mol. The Morgan fingerprint density at radius 1 is 1.36 bits per heavy atom. The van der Waals surface area contributed by atoms with E-state index in [0.29, 0.717) is 29.6 Å². The smallest absolute Gasteiger partial charge is 0.306 e. The number of likely N-dealkylation sites (tertiary alicyclic amines) is 1. The quantitative estimate of drug-likeness (QED) is 0.905. The number of hydrogen-bond donors (Lipinski definition) is 1. The predicted molar refractivity (Wildman–Crippen MR) is 79.0 cm³/mol. The van der Waals surface area contributed by atoms with Crippen LogP contribution in [-0.2, 0) is 16.0 Å². The number of amides is 1. The molecule has 1 aromatic carbocycles. The third kappa shape index (κ3) is 2.95. The number of carbonyl (C=O) groups is 2. The molecular formula is C16H17ClFNO3. The first-order valence-electron chi connectivity index (χ1n) is 7.41. The van der Waals surface area contributed by atoms with E-state index in [1.165, 1.54) is 12.1 Å². The molecule has 1 amide bonds. The van der Waals surface area contributed by atoms with Crippen LogP contribution in [0, 0.1) is 23.6 Å². The number of benzene rings is 1. The van der Waals surface area contributed by atoms with Crippen molar-refractivity contribution in [1.29, 1.82) is 0 Å². The zero-order valence-electron chi connectivity index (χ0n) is 12.0. The lowest BCUT2D eigenvalue weighted by Gasteiger charge is -2.40. The number of aliphatic carboxylic acids is 1. The highest BCUT2D eigenvalue weighted by Crippen LogP contribution is 2.47. The summed E-state index contributed by atoms with van der Waals surface area (Å²) in [5.41, 5.74) is 0.378. The van der Waals surface area contributed by atoms with Gasteiger partial charge < -0.3 is 10.0 Å². The zero-order chi connectivity index (χ0) is 15.9. The molecule has 4 nitrogen and oxygen atoms in total. The third-order valence-electron chi connectivity index (χ3n) is 4.68. The van der Waals surface area contributed by atoms with Gasteiger partial charge >= 0.3 is 5.97 Å². The van der Waals surface area contributed by atoms with E-state index >= 15 is 0 Å². The fourth-order valence-corrected chi connectivity index (χ4v) is 3.43. The second kappa shape index (κ2) is 5.88. The molecule has 0 unspecified atom stereocenters. The molecule has 1 saturated heterocycles. The first-order valence-corrected chi connectivity index (χ1v) is 7.78. The molecule has 2 aliphatic rings. The standard InChI is InChI=1S/C16H17ClFNO3/c17-13-2-1-3-14(18)10(13)4-5-15(20)19-7-9(8-19)11-6-12(11)16(21)22/h1-3,9,11-12H,4-8H2,(H,21,22)/t11-,12+/m0/s1. The molecule has 22 heavy (non-hydrogen) atoms. The van der Waals surface area contributed by atoms with Gasteiger partial charge in [0, 0.05) is 30.1 Å². The normalized spacial score (nSPS) is 24.0. The first kappa shape index (κ1) is 15.3. The molecule has 2 atom stereocenters. The highest BCUT2D eigenvalue weighted by molar-refractivity contribution is 6.31. The topological polar surface area (TPSA) is 57.6 Å². The van der Waals surface area contributed by atoms with Gasteiger partial charge in [0.15, 0.2) is 0 Å². The van der Waals surface area contributed by atoms with Crippen molar-refractivity contribution in [2.24, 2.45) is 17.8 Å². The van der Waals surface area contributed by atoms with Gasteiger partial charge in [0.05, 0.1) is 5.92 Å². The van der Waals surface area contributed by atoms with E-state index in [9.17, 15) is 14.0 Å². The maximum Gasteiger partial charge on any atom is 0.306 e. The summed E-state index contributed by atoms with van der Waals surface area (Å²) in [6, 6.07) is 4.49. The van der Waals surface area contributed by atoms with Crippen LogP contribution < -0.4 is 0 Å². The summed E-state index contributed by atoms with van der Waals surface area (Å²) in [4.78, 5) is 24.6. The van der Waals surface area contributed by atoms with Gasteiger partial charge in [0.25, 0.3) is 0 Å². The minimum atomic E-state index is -0.732. The molecule has 0 aromatic heterocycles. The van der Waals surface area contributed by atoms with Crippen molar-refractivity contribution in [2.45, 2.75) is 19.3 Å². The lowest BCUT2D eigenvalue weighted by atomic mass is 9.92. The minimum absolute atomic E-state index is 0.0249. The van der Waals surface area contributed by atoms with Gasteiger partial charge in [-0.05, 0) is 36.8 Å². The van der Waals surface area contributed by atoms with Gasteiger partial charge in [0.1, 0.15) is 5.82 Å². The van der Waals surface area contributed by atoms with Gasteiger partial charge in [-0.25, -0.2) is 4.39 Å². The van der Waals surface area contributed by atoms with Gasteiger partial charge in [-0.3, -0.25) is 9.59 Å². The molecule has 1 aromatic rings. The summed E-state index contributed by atoms with van der Waals surface area (Å²) in [7, 11) is 0. The molecule has 2 fully saturated rings. The lowest BCUT2D eigenvalue weighted by molar-refractivity contribution is -0.140. The SMILES string of the molecule is O=C(O)[C@@H]1C[C@H]1C1CN(C(=O)CCc2c(F)cccc2Cl)C1. The van der Waals surface area contributed by atoms with Crippen molar-refractivity contribution in [3.8, 4) is 0 Å². The highest BCUT2D eigenvalue weighted by atomic mass is 35.5. The molecule has 118 valence electrons. The molecule has 1 aliphatic heterocycles. The summed E-state index contributed by atoms with van der Waals surface area (Å²) in [5.74, 6) is -0.833. The lowest BCUT2D eigenvalue weighted by Crippen LogP contribution is -2.51. The molecule has 1 N–H and O–H groups in total. The molecule has 1 aliphatic carbocycles. The van der Waals surface area contributed by atoms with Crippen LogP contribution in [-0.4, -0.2) is 35.0 Å². The second-order valence-electron chi connectivity index (χ2n) is 6.10. The van der Waals surface area contributed by atoms with Crippen molar-refractivity contribution in [3.63, 3.8) is 0 Å². The summed E-state index contributed by atoms with van der Waals surface area (Å²) < 4.78 is 13.6. The van der Waals surface area contributed by atoms with Crippen LogP contribution in [0.5, 0.6) is 0 Å². The molecule has 0 spiro atoms. The Bertz CT molecular complexity index is 595. The maximum atomic E-state index is 13.6. The Balaban J connectivity index is 1.46. The van der Waals surface area contributed by atoms with E-state index < -0.39 is 5.97 Å². The van der Waals surface area contributed by atoms with Gasteiger partial charge in [-0.15, -0.1) is 0 Å². The molecule has 0 radical (unpaired) electrons. The van der Waals surface area contributed by atoms with Gasteiger partial charge in [-0.2, -0.15) is 0 Å². The number of carboxylic acid groups (broad SMARTS) is 1. The predicted octanol–water partition coefficient (Wildman–Crippen LogP) is 2.59. The second-order valence-corrected chi connectivity index (χ2v) is 6.51. The van der Waals surface area contributed by atoms with Crippen LogP contribution in [0.4, 0.5) is 4.39 Å². The maximum absolute atomic E-state index is 13.6. The van der Waals surface area contributed by atoms with E-state index in [-0.39, 0.29) is 36.4 Å². The molecule has 3 rings (SSSR count). The molecule has 1 saturated carbocycles. The van der Waals surface area contributed by atoms with Crippen LogP contribution in [0.3, 0.4) is 0 Å². The number of halogens is 2. The largest absolute Gasteiger partial charge is 0.481 e. The van der Waals surface area contributed by atoms with Gasteiger partial charge in [-0.1, -0.05) is 17.7 Å². The van der Waals surface area contributed by atoms with Crippen LogP contribution in [0.2, 0.25) is 5.02 Å². The monoisotopic (exact) mass is 325 g/mol. The Kier molecular flexibility index (Phi) is 4.08. The minimum Gasteiger partial charge on any atom is -0.481 e. The van der Waals surface area contributed by atoms with E-state index in [4.69, 9.17) is 16.7 Å². The molecular weight excluding hydrogens is 309 g/mol. The van der Waals surface area contributed by atoms with Crippen molar-refractivity contribution in [3.05, 3.63) is 34.6 Å². The average Bonchev–Trinajstić information content (AvgIpc) is 3.16. The molecule has 1 heterocycles. The Morgan fingerprint density at radius 3 is 2.68 bits per heavy atom. The Hall–Kier alpha value is -1.62. The van der Waals surface area contributed by atoms with E-state index in [2.05, 4.69) is 0 Å². The fraction of sp³-hybridized carbons (Fsp3) is 0.500. The number of carbonyl (C=O) groups excluding carboxylic acids is 1. The van der Waals surface area contributed by atoms with Crippen LogP contribution >= 0.6 is 11.6 Å². The van der Waals surface area contributed by atoms with Crippen molar-refractivity contribution in [2.75, 3.05) is 13.1 Å². The fourth-order valence-electron chi connectivity index (χ4n) is 3.17.